The minimum Gasteiger partial charge on any atom is -0.357 e. The van der Waals surface area contributed by atoms with Crippen molar-refractivity contribution in [1.29, 1.82) is 0 Å². The van der Waals surface area contributed by atoms with E-state index in [0.29, 0.717) is 12.3 Å². The highest BCUT2D eigenvalue weighted by Gasteiger charge is 2.29. The van der Waals surface area contributed by atoms with Gasteiger partial charge in [0.1, 0.15) is 0 Å². The Kier molecular flexibility index (Phi) is 8.48. The summed E-state index contributed by atoms with van der Waals surface area (Å²) in [6.07, 6.45) is 3.65. The molecule has 1 saturated heterocycles. The Balaban J connectivity index is 1.80. The molecule has 1 heterocycles. The first-order valence-corrected chi connectivity index (χ1v) is 11.0. The standard InChI is InChI=1S/C21H34N4OS/c1-5-22-20(24-16-21(2,3)27-4)23-14-18-13-19(26)25(15-18)12-11-17-9-7-6-8-10-17/h6-10,18H,5,11-16H2,1-4H3,(H2,22,23,24). The predicted octanol–water partition coefficient (Wildman–Crippen LogP) is 2.77. The number of nitrogens with one attached hydrogen (secondary N) is 2. The second-order valence-corrected chi connectivity index (χ2v) is 9.20. The average molecular weight is 391 g/mol. The molecule has 1 aromatic rings. The Morgan fingerprint density at radius 2 is 2.04 bits per heavy atom. The maximum Gasteiger partial charge on any atom is 0.223 e. The molecule has 150 valence electrons. The summed E-state index contributed by atoms with van der Waals surface area (Å²) < 4.78 is 0.125. The van der Waals surface area contributed by atoms with Crippen LogP contribution in [0.5, 0.6) is 0 Å². The van der Waals surface area contributed by atoms with Crippen LogP contribution in [0.15, 0.2) is 35.3 Å². The number of benzene rings is 1. The summed E-state index contributed by atoms with van der Waals surface area (Å²) in [6, 6.07) is 10.4. The highest BCUT2D eigenvalue weighted by atomic mass is 32.2. The normalized spacial score (nSPS) is 18.1. The van der Waals surface area contributed by atoms with Crippen LogP contribution in [-0.2, 0) is 11.2 Å². The van der Waals surface area contributed by atoms with Gasteiger partial charge in [-0.1, -0.05) is 30.3 Å². The molecular formula is C21H34N4OS. The number of carbonyl (C=O) groups excluding carboxylic acids is 1. The lowest BCUT2D eigenvalue weighted by Crippen LogP contribution is -2.41. The number of carbonyl (C=O) groups is 1. The van der Waals surface area contributed by atoms with Gasteiger partial charge in [0.2, 0.25) is 5.91 Å². The van der Waals surface area contributed by atoms with E-state index in [4.69, 9.17) is 4.99 Å². The van der Waals surface area contributed by atoms with Gasteiger partial charge in [0.15, 0.2) is 5.96 Å². The zero-order chi connectivity index (χ0) is 19.7. The zero-order valence-electron chi connectivity index (χ0n) is 17.1. The topological polar surface area (TPSA) is 56.7 Å². The van der Waals surface area contributed by atoms with Crippen LogP contribution in [-0.4, -0.2) is 60.5 Å². The van der Waals surface area contributed by atoms with Crippen molar-refractivity contribution >= 4 is 23.6 Å². The Hall–Kier alpha value is -1.69. The van der Waals surface area contributed by atoms with Gasteiger partial charge in [-0.2, -0.15) is 11.8 Å². The molecule has 2 N–H and O–H groups in total. The summed E-state index contributed by atoms with van der Waals surface area (Å²) in [4.78, 5) is 19.0. The lowest BCUT2D eigenvalue weighted by Gasteiger charge is -2.21. The van der Waals surface area contributed by atoms with Crippen LogP contribution in [0, 0.1) is 5.92 Å². The monoisotopic (exact) mass is 390 g/mol. The molecule has 0 bridgehead atoms. The first-order chi connectivity index (χ1) is 12.9. The van der Waals surface area contributed by atoms with Crippen molar-refractivity contribution in [1.82, 2.24) is 15.5 Å². The Bertz CT molecular complexity index is 618. The maximum absolute atomic E-state index is 12.3. The molecule has 0 radical (unpaired) electrons. The van der Waals surface area contributed by atoms with E-state index in [1.165, 1.54) is 5.56 Å². The smallest absolute Gasteiger partial charge is 0.223 e. The molecule has 0 spiro atoms. The van der Waals surface area contributed by atoms with Crippen molar-refractivity contribution in [3.63, 3.8) is 0 Å². The number of nitrogens with zero attached hydrogens (tertiary/aromatic N) is 2. The van der Waals surface area contributed by atoms with Crippen LogP contribution in [0.2, 0.25) is 0 Å². The fourth-order valence-electron chi connectivity index (χ4n) is 3.03. The van der Waals surface area contributed by atoms with Crippen molar-refractivity contribution < 1.29 is 4.79 Å². The molecule has 5 nitrogen and oxygen atoms in total. The third-order valence-corrected chi connectivity index (χ3v) is 6.12. The van der Waals surface area contributed by atoms with E-state index in [0.717, 1.165) is 45.1 Å². The number of amides is 1. The van der Waals surface area contributed by atoms with Crippen molar-refractivity contribution in [3.05, 3.63) is 35.9 Å². The number of guanidine groups is 1. The van der Waals surface area contributed by atoms with Crippen molar-refractivity contribution in [2.45, 2.75) is 38.4 Å². The Morgan fingerprint density at radius 1 is 1.30 bits per heavy atom. The molecule has 1 atom stereocenters. The predicted molar refractivity (Wildman–Crippen MR) is 116 cm³/mol. The zero-order valence-corrected chi connectivity index (χ0v) is 17.9. The summed E-state index contributed by atoms with van der Waals surface area (Å²) in [5, 5.41) is 6.73. The molecule has 0 aromatic heterocycles. The minimum atomic E-state index is 0.125. The molecule has 1 amide bonds. The quantitative estimate of drug-likeness (QED) is 0.503. The van der Waals surface area contributed by atoms with Gasteiger partial charge in [-0.05, 0) is 39.0 Å². The van der Waals surface area contributed by atoms with E-state index in [9.17, 15) is 4.79 Å². The fraction of sp³-hybridized carbons (Fsp3) is 0.619. The number of hydrogen-bond donors (Lipinski definition) is 2. The molecule has 0 saturated carbocycles. The maximum atomic E-state index is 12.3. The molecule has 6 heteroatoms. The van der Waals surface area contributed by atoms with Crippen LogP contribution in [0.1, 0.15) is 32.8 Å². The molecule has 1 unspecified atom stereocenters. The SMILES string of the molecule is CCNC(=NCC(C)(C)SC)NCC1CC(=O)N(CCc2ccccc2)C1. The minimum absolute atomic E-state index is 0.125. The van der Waals surface area contributed by atoms with Gasteiger partial charge in [-0.25, -0.2) is 0 Å². The molecule has 27 heavy (non-hydrogen) atoms. The van der Waals surface area contributed by atoms with Crippen molar-refractivity contribution in [3.8, 4) is 0 Å². The fourth-order valence-corrected chi connectivity index (χ4v) is 3.23. The lowest BCUT2D eigenvalue weighted by atomic mass is 10.1. The average Bonchev–Trinajstić information content (AvgIpc) is 3.03. The van der Waals surface area contributed by atoms with Gasteiger partial charge in [0.25, 0.3) is 0 Å². The summed E-state index contributed by atoms with van der Waals surface area (Å²) in [5.74, 6) is 1.45. The molecule has 1 fully saturated rings. The molecule has 1 aliphatic heterocycles. The van der Waals surface area contributed by atoms with Crippen LogP contribution < -0.4 is 10.6 Å². The number of thioether (sulfide) groups is 1. The van der Waals surface area contributed by atoms with E-state index < -0.39 is 0 Å². The first-order valence-electron chi connectivity index (χ1n) is 9.82. The van der Waals surface area contributed by atoms with Crippen LogP contribution in [0.25, 0.3) is 0 Å². The van der Waals surface area contributed by atoms with Gasteiger partial charge >= 0.3 is 0 Å². The number of likely N-dealkylation sites (tertiary alicyclic amines) is 1. The van der Waals surface area contributed by atoms with Crippen LogP contribution >= 0.6 is 11.8 Å². The molecule has 0 aliphatic carbocycles. The summed E-state index contributed by atoms with van der Waals surface area (Å²) in [5.41, 5.74) is 1.28. The Morgan fingerprint density at radius 3 is 2.70 bits per heavy atom. The molecular weight excluding hydrogens is 356 g/mol. The molecule has 1 aliphatic rings. The van der Waals surface area contributed by atoms with Crippen molar-refractivity contribution in [2.24, 2.45) is 10.9 Å². The summed E-state index contributed by atoms with van der Waals surface area (Å²) in [7, 11) is 0. The van der Waals surface area contributed by atoms with Crippen LogP contribution in [0.3, 0.4) is 0 Å². The molecule has 2 rings (SSSR count). The molecule has 1 aromatic carbocycles. The third-order valence-electron chi connectivity index (χ3n) is 4.88. The van der Waals surface area contributed by atoms with E-state index in [1.807, 2.05) is 34.9 Å². The second kappa shape index (κ2) is 10.6. The Labute approximate surface area is 168 Å². The van der Waals surface area contributed by atoms with E-state index in [2.05, 4.69) is 49.8 Å². The number of hydrogen-bond acceptors (Lipinski definition) is 3. The van der Waals surface area contributed by atoms with Gasteiger partial charge in [0, 0.05) is 43.3 Å². The summed E-state index contributed by atoms with van der Waals surface area (Å²) >= 11 is 1.82. The van der Waals surface area contributed by atoms with Gasteiger partial charge in [-0.15, -0.1) is 0 Å². The van der Waals surface area contributed by atoms with E-state index in [-0.39, 0.29) is 10.7 Å². The second-order valence-electron chi connectivity index (χ2n) is 7.69. The first kappa shape index (κ1) is 21.6. The van der Waals surface area contributed by atoms with Gasteiger partial charge in [-0.3, -0.25) is 9.79 Å². The highest BCUT2D eigenvalue weighted by Crippen LogP contribution is 2.21. The van der Waals surface area contributed by atoms with Crippen LogP contribution in [0.4, 0.5) is 0 Å². The summed E-state index contributed by atoms with van der Waals surface area (Å²) in [6.45, 7) is 10.5. The number of rotatable bonds is 9. The highest BCUT2D eigenvalue weighted by molar-refractivity contribution is 7.99. The van der Waals surface area contributed by atoms with Crippen molar-refractivity contribution in [2.75, 3.05) is 39.0 Å². The van der Waals surface area contributed by atoms with E-state index in [1.54, 1.807) is 0 Å². The van der Waals surface area contributed by atoms with E-state index >= 15 is 0 Å². The third kappa shape index (κ3) is 7.45. The van der Waals surface area contributed by atoms with Gasteiger partial charge < -0.3 is 15.5 Å². The van der Waals surface area contributed by atoms with Gasteiger partial charge in [0.05, 0.1) is 6.54 Å². The lowest BCUT2D eigenvalue weighted by molar-refractivity contribution is -0.127. The number of aliphatic imine (C=N–C) groups is 1. The largest absolute Gasteiger partial charge is 0.357 e.